The summed E-state index contributed by atoms with van der Waals surface area (Å²) in [6, 6.07) is 9.60. The van der Waals surface area contributed by atoms with Crippen LogP contribution in [0.5, 0.6) is 17.2 Å². The lowest BCUT2D eigenvalue weighted by molar-refractivity contribution is 0.378. The number of rotatable bonds is 2. The third-order valence-corrected chi connectivity index (χ3v) is 8.68. The molecule has 162 valence electrons. The first-order chi connectivity index (χ1) is 14.6. The van der Waals surface area contributed by atoms with E-state index in [1.54, 1.807) is 24.3 Å². The summed E-state index contributed by atoms with van der Waals surface area (Å²) in [5, 5.41) is 1.50. The van der Waals surface area contributed by atoms with E-state index in [1.165, 1.54) is 12.1 Å². The van der Waals surface area contributed by atoms with Crippen molar-refractivity contribution in [2.75, 3.05) is 0 Å². The van der Waals surface area contributed by atoms with Crippen molar-refractivity contribution in [1.29, 1.82) is 0 Å². The Bertz CT molecular complexity index is 1200. The number of hydrogen-bond donors (Lipinski definition) is 0. The van der Waals surface area contributed by atoms with Crippen LogP contribution in [0.1, 0.15) is 11.1 Å². The van der Waals surface area contributed by atoms with Crippen LogP contribution in [0.15, 0.2) is 36.4 Å². The summed E-state index contributed by atoms with van der Waals surface area (Å²) in [7, 11) is 0. The van der Waals surface area contributed by atoms with E-state index in [9.17, 15) is 0 Å². The molecule has 1 heterocycles. The van der Waals surface area contributed by atoms with Gasteiger partial charge in [0.15, 0.2) is 11.5 Å². The molecule has 0 N–H and O–H groups in total. The van der Waals surface area contributed by atoms with Gasteiger partial charge in [0.25, 0.3) is 0 Å². The highest BCUT2D eigenvalue weighted by Gasteiger charge is 2.36. The van der Waals surface area contributed by atoms with Gasteiger partial charge in [-0.05, 0) is 24.3 Å². The van der Waals surface area contributed by atoms with Crippen LogP contribution in [0.3, 0.4) is 0 Å². The average molecular weight is 595 g/mol. The zero-order valence-corrected chi connectivity index (χ0v) is 21.9. The predicted molar refractivity (Wildman–Crippen MR) is 133 cm³/mol. The summed E-state index contributed by atoms with van der Waals surface area (Å²) < 4.78 is 18.0. The Labute approximate surface area is 218 Å². The second-order valence-electron chi connectivity index (χ2n) is 6.25. The van der Waals surface area contributed by atoms with E-state index in [-0.39, 0.29) is 53.8 Å². The van der Waals surface area contributed by atoms with Gasteiger partial charge in [-0.2, -0.15) is 0 Å². The first-order valence-electron chi connectivity index (χ1n) is 8.35. The van der Waals surface area contributed by atoms with Crippen LogP contribution in [0.4, 0.5) is 0 Å². The lowest BCUT2D eigenvalue weighted by Crippen LogP contribution is -2.13. The molecule has 31 heavy (non-hydrogen) atoms. The van der Waals surface area contributed by atoms with E-state index < -0.39 is 6.72 Å². The molecule has 3 aromatic rings. The Morgan fingerprint density at radius 2 is 1.19 bits per heavy atom. The smallest absolute Gasteiger partial charge is 0.405 e. The molecule has 4 rings (SSSR count). The molecular weight excluding hydrogens is 587 g/mol. The van der Waals surface area contributed by atoms with Gasteiger partial charge in [-0.1, -0.05) is 93.3 Å². The molecule has 3 nitrogen and oxygen atoms in total. The highest BCUT2D eigenvalue weighted by molar-refractivity contribution is 8.08. The molecule has 12 heteroatoms. The van der Waals surface area contributed by atoms with Crippen molar-refractivity contribution in [2.24, 2.45) is 0 Å². The summed E-state index contributed by atoms with van der Waals surface area (Å²) in [6.07, 6.45) is 0.115. The van der Waals surface area contributed by atoms with Gasteiger partial charge in [0.2, 0.25) is 0 Å². The highest BCUT2D eigenvalue weighted by atomic mass is 35.5. The van der Waals surface area contributed by atoms with Gasteiger partial charge in [0.1, 0.15) is 5.75 Å². The summed E-state index contributed by atoms with van der Waals surface area (Å²) >= 11 is 50.2. The minimum Gasteiger partial charge on any atom is -0.405 e. The Hall–Kier alpha value is -0.260. The third kappa shape index (κ3) is 4.71. The maximum Gasteiger partial charge on any atom is 0.490 e. The van der Waals surface area contributed by atoms with Crippen molar-refractivity contribution in [3.8, 4) is 17.2 Å². The predicted octanol–water partition coefficient (Wildman–Crippen LogP) is 9.93. The Kier molecular flexibility index (Phi) is 7.07. The van der Waals surface area contributed by atoms with Crippen LogP contribution in [-0.2, 0) is 18.2 Å². The summed E-state index contributed by atoms with van der Waals surface area (Å²) in [6.45, 7) is -3.65. The molecule has 0 fully saturated rings. The van der Waals surface area contributed by atoms with Gasteiger partial charge in [-0.15, -0.1) is 0 Å². The number of benzene rings is 3. The highest BCUT2D eigenvalue weighted by Crippen LogP contribution is 2.59. The number of para-hydroxylation sites is 1. The second kappa shape index (κ2) is 9.18. The second-order valence-corrected chi connectivity index (χ2v) is 11.8. The maximum atomic E-state index is 6.48. The van der Waals surface area contributed by atoms with Crippen molar-refractivity contribution in [3.63, 3.8) is 0 Å². The van der Waals surface area contributed by atoms with E-state index >= 15 is 0 Å². The minimum absolute atomic E-state index is 0.115. The zero-order valence-electron chi connectivity index (χ0n) is 14.9. The Morgan fingerprint density at radius 1 is 0.710 bits per heavy atom. The van der Waals surface area contributed by atoms with Crippen LogP contribution in [0.2, 0.25) is 35.2 Å². The molecule has 0 unspecified atom stereocenters. The van der Waals surface area contributed by atoms with Gasteiger partial charge in [0, 0.05) is 29.4 Å². The van der Waals surface area contributed by atoms with Crippen molar-refractivity contribution >= 4 is 99.7 Å². The number of hydrogen-bond acceptors (Lipinski definition) is 4. The third-order valence-electron chi connectivity index (χ3n) is 4.24. The standard InChI is InChI=1S/C19H8Cl7O3PS/c20-10-3-1-2-4-15(10)27-30(31)28-18-8(16(25)11(21)6-13(18)23)5-9-17(26)12(22)7-14(24)19(9)29-30/h1-4,6-7H,5H2. The summed E-state index contributed by atoms with van der Waals surface area (Å²) in [5.41, 5.74) is 0.863. The molecule has 0 aliphatic carbocycles. The molecule has 1 aliphatic rings. The van der Waals surface area contributed by atoms with E-state index in [0.29, 0.717) is 16.1 Å². The van der Waals surface area contributed by atoms with Crippen molar-refractivity contribution < 1.29 is 13.6 Å². The molecule has 0 aromatic heterocycles. The van der Waals surface area contributed by atoms with E-state index in [1.807, 2.05) is 0 Å². The fraction of sp³-hybridized carbons (Fsp3) is 0.0526. The van der Waals surface area contributed by atoms with E-state index in [4.69, 9.17) is 107 Å². The molecule has 0 bridgehead atoms. The Morgan fingerprint density at radius 3 is 1.68 bits per heavy atom. The SMILES string of the molecule is S=P1(Oc2ccccc2Cl)Oc2c(Cl)cc(Cl)c(Cl)c2Cc2c(Cl)c(Cl)cc(Cl)c2O1. The first kappa shape index (κ1) is 23.9. The molecule has 0 amide bonds. The van der Waals surface area contributed by atoms with Crippen LogP contribution >= 0.6 is 87.9 Å². The number of fused-ring (bicyclic) bond motifs is 2. The first-order valence-corrected chi connectivity index (χ1v) is 13.6. The summed E-state index contributed by atoms with van der Waals surface area (Å²) in [5.74, 6) is 0.567. The monoisotopic (exact) mass is 592 g/mol. The van der Waals surface area contributed by atoms with Gasteiger partial charge in [0.05, 0.1) is 35.2 Å². The van der Waals surface area contributed by atoms with Crippen LogP contribution in [-0.4, -0.2) is 0 Å². The van der Waals surface area contributed by atoms with Crippen LogP contribution in [0, 0.1) is 0 Å². The normalized spacial score (nSPS) is 14.4. The average Bonchev–Trinajstić information content (AvgIpc) is 2.69. The molecule has 3 aromatic carbocycles. The van der Waals surface area contributed by atoms with Crippen LogP contribution < -0.4 is 13.6 Å². The van der Waals surface area contributed by atoms with Crippen molar-refractivity contribution in [3.05, 3.63) is 82.7 Å². The molecule has 0 saturated carbocycles. The van der Waals surface area contributed by atoms with Gasteiger partial charge < -0.3 is 13.6 Å². The lowest BCUT2D eigenvalue weighted by Gasteiger charge is -2.29. The van der Waals surface area contributed by atoms with Crippen molar-refractivity contribution in [1.82, 2.24) is 0 Å². The van der Waals surface area contributed by atoms with Crippen LogP contribution in [0.25, 0.3) is 0 Å². The topological polar surface area (TPSA) is 27.7 Å². The minimum atomic E-state index is -3.65. The Balaban J connectivity index is 1.98. The fourth-order valence-electron chi connectivity index (χ4n) is 2.86. The van der Waals surface area contributed by atoms with Gasteiger partial charge >= 0.3 is 6.72 Å². The van der Waals surface area contributed by atoms with Gasteiger partial charge in [-0.25, -0.2) is 0 Å². The maximum absolute atomic E-state index is 6.48. The quantitative estimate of drug-likeness (QED) is 0.218. The van der Waals surface area contributed by atoms with E-state index in [2.05, 4.69) is 0 Å². The molecule has 0 spiro atoms. The molecule has 0 radical (unpaired) electrons. The molecule has 0 atom stereocenters. The largest absolute Gasteiger partial charge is 0.490 e. The van der Waals surface area contributed by atoms with Crippen molar-refractivity contribution in [2.45, 2.75) is 6.42 Å². The lowest BCUT2D eigenvalue weighted by atomic mass is 10.0. The number of halogens is 7. The van der Waals surface area contributed by atoms with Gasteiger partial charge in [-0.3, -0.25) is 0 Å². The molecular formula is C19H8Cl7O3PS. The molecule has 0 saturated heterocycles. The zero-order chi connectivity index (χ0) is 22.5. The molecule has 1 aliphatic heterocycles. The fourth-order valence-corrected chi connectivity index (χ4v) is 6.76. The van der Waals surface area contributed by atoms with E-state index in [0.717, 1.165) is 0 Å². The summed E-state index contributed by atoms with van der Waals surface area (Å²) in [4.78, 5) is 0.